The van der Waals surface area contributed by atoms with Crippen molar-refractivity contribution in [3.05, 3.63) is 0 Å². The fraction of sp³-hybridized carbons (Fsp3) is 0.867. The average molecular weight is 279 g/mol. The van der Waals surface area contributed by atoms with Gasteiger partial charge in [0.1, 0.15) is 0 Å². The molecule has 3 aliphatic rings. The summed E-state index contributed by atoms with van der Waals surface area (Å²) in [4.78, 5) is 28.5. The molecule has 2 heterocycles. The minimum Gasteiger partial charge on any atom is -0.332 e. The zero-order chi connectivity index (χ0) is 13.9. The van der Waals surface area contributed by atoms with Crippen molar-refractivity contribution >= 4 is 11.8 Å². The third kappa shape index (κ3) is 2.68. The molecule has 0 aromatic carbocycles. The number of amides is 2. The van der Waals surface area contributed by atoms with Gasteiger partial charge in [0, 0.05) is 38.8 Å². The molecular weight excluding hydrogens is 254 g/mol. The van der Waals surface area contributed by atoms with E-state index in [1.807, 2.05) is 4.90 Å². The Bertz CT molecular complexity index is 373. The number of piperazine rings is 1. The lowest BCUT2D eigenvalue weighted by Gasteiger charge is -2.32. The number of rotatable bonds is 1. The van der Waals surface area contributed by atoms with Crippen molar-refractivity contribution in [2.24, 2.45) is 5.92 Å². The Balaban J connectivity index is 1.64. The number of hydrogen-bond acceptors (Lipinski definition) is 3. The molecule has 1 aliphatic carbocycles. The van der Waals surface area contributed by atoms with Gasteiger partial charge in [0.2, 0.25) is 0 Å². The predicted molar refractivity (Wildman–Crippen MR) is 76.1 cm³/mol. The van der Waals surface area contributed by atoms with E-state index in [1.54, 1.807) is 4.90 Å². The maximum Gasteiger partial charge on any atom is 0.312 e. The van der Waals surface area contributed by atoms with E-state index in [2.05, 4.69) is 5.32 Å². The maximum absolute atomic E-state index is 12.5. The second-order valence-corrected chi connectivity index (χ2v) is 6.29. The highest BCUT2D eigenvalue weighted by Crippen LogP contribution is 2.35. The van der Waals surface area contributed by atoms with Crippen LogP contribution in [-0.2, 0) is 9.59 Å². The first-order valence-corrected chi connectivity index (χ1v) is 8.08. The lowest BCUT2D eigenvalue weighted by atomic mass is 9.96. The average Bonchev–Trinajstić information content (AvgIpc) is 3.16. The molecule has 20 heavy (non-hydrogen) atoms. The van der Waals surface area contributed by atoms with E-state index in [0.717, 1.165) is 32.5 Å². The molecule has 1 atom stereocenters. The summed E-state index contributed by atoms with van der Waals surface area (Å²) in [6, 6.07) is 0.330. The molecule has 0 aromatic heterocycles. The van der Waals surface area contributed by atoms with Crippen molar-refractivity contribution in [1.29, 1.82) is 0 Å². The molecule has 1 unspecified atom stereocenters. The smallest absolute Gasteiger partial charge is 0.312 e. The first kappa shape index (κ1) is 13.9. The van der Waals surface area contributed by atoms with Gasteiger partial charge >= 0.3 is 11.8 Å². The molecule has 1 N–H and O–H groups in total. The number of likely N-dealkylation sites (tertiary alicyclic amines) is 1. The van der Waals surface area contributed by atoms with Crippen LogP contribution in [0.2, 0.25) is 0 Å². The Morgan fingerprint density at radius 3 is 2.25 bits per heavy atom. The minimum absolute atomic E-state index is 0.249. The van der Waals surface area contributed by atoms with Crippen molar-refractivity contribution in [2.45, 2.75) is 44.6 Å². The Hall–Kier alpha value is -1.10. The maximum atomic E-state index is 12.5. The number of nitrogens with one attached hydrogen (secondary N) is 1. The lowest BCUT2D eigenvalue weighted by Crippen LogP contribution is -2.53. The molecule has 2 amide bonds. The summed E-state index contributed by atoms with van der Waals surface area (Å²) in [5.41, 5.74) is 0. The van der Waals surface area contributed by atoms with E-state index < -0.39 is 0 Å². The molecule has 0 spiro atoms. The molecule has 112 valence electrons. The van der Waals surface area contributed by atoms with Crippen LogP contribution >= 0.6 is 0 Å². The van der Waals surface area contributed by atoms with E-state index in [4.69, 9.17) is 0 Å². The van der Waals surface area contributed by atoms with Crippen LogP contribution in [0.4, 0.5) is 0 Å². The van der Waals surface area contributed by atoms with Gasteiger partial charge in [-0.15, -0.1) is 0 Å². The standard InChI is InChI=1S/C15H25N3O2/c19-14(17-10-7-16-8-11-17)15(20)18-9-3-6-13(18)12-4-1-2-5-12/h12-13,16H,1-11H2. The van der Waals surface area contributed by atoms with Crippen molar-refractivity contribution in [2.75, 3.05) is 32.7 Å². The second kappa shape index (κ2) is 6.12. The second-order valence-electron chi connectivity index (χ2n) is 6.29. The molecule has 0 bridgehead atoms. The third-order valence-corrected chi connectivity index (χ3v) is 5.09. The first-order valence-electron chi connectivity index (χ1n) is 8.08. The molecule has 5 heteroatoms. The zero-order valence-electron chi connectivity index (χ0n) is 12.1. The molecule has 2 aliphatic heterocycles. The summed E-state index contributed by atoms with van der Waals surface area (Å²) >= 11 is 0. The topological polar surface area (TPSA) is 52.7 Å². The Morgan fingerprint density at radius 2 is 1.55 bits per heavy atom. The largest absolute Gasteiger partial charge is 0.332 e. The quantitative estimate of drug-likeness (QED) is 0.715. The number of carbonyl (C=O) groups is 2. The van der Waals surface area contributed by atoms with Gasteiger partial charge in [0.05, 0.1) is 0 Å². The number of hydrogen-bond donors (Lipinski definition) is 1. The van der Waals surface area contributed by atoms with Gasteiger partial charge in [-0.2, -0.15) is 0 Å². The third-order valence-electron chi connectivity index (χ3n) is 5.09. The normalized spacial score (nSPS) is 28.1. The minimum atomic E-state index is -0.281. The summed E-state index contributed by atoms with van der Waals surface area (Å²) in [7, 11) is 0. The fourth-order valence-corrected chi connectivity index (χ4v) is 4.00. The van der Waals surface area contributed by atoms with Crippen LogP contribution in [0.3, 0.4) is 0 Å². The molecule has 3 rings (SSSR count). The van der Waals surface area contributed by atoms with Crippen LogP contribution in [0.25, 0.3) is 0 Å². The lowest BCUT2D eigenvalue weighted by molar-refractivity contribution is -0.153. The summed E-state index contributed by atoms with van der Waals surface area (Å²) in [5.74, 6) is 0.106. The van der Waals surface area contributed by atoms with Gasteiger partial charge in [-0.1, -0.05) is 12.8 Å². The molecular formula is C15H25N3O2. The Morgan fingerprint density at radius 1 is 0.850 bits per heavy atom. The SMILES string of the molecule is O=C(C(=O)N1CCCC1C1CCCC1)N1CCNCC1. The molecule has 3 fully saturated rings. The van der Waals surface area contributed by atoms with E-state index in [9.17, 15) is 9.59 Å². The predicted octanol–water partition coefficient (Wildman–Crippen LogP) is 0.599. The fourth-order valence-electron chi connectivity index (χ4n) is 4.00. The van der Waals surface area contributed by atoms with Crippen molar-refractivity contribution in [3.63, 3.8) is 0 Å². The van der Waals surface area contributed by atoms with Crippen molar-refractivity contribution in [1.82, 2.24) is 15.1 Å². The van der Waals surface area contributed by atoms with Gasteiger partial charge < -0.3 is 15.1 Å². The molecule has 2 saturated heterocycles. The highest BCUT2D eigenvalue weighted by Gasteiger charge is 2.39. The monoisotopic (exact) mass is 279 g/mol. The van der Waals surface area contributed by atoms with Crippen LogP contribution in [0.1, 0.15) is 38.5 Å². The van der Waals surface area contributed by atoms with Gasteiger partial charge in [0.25, 0.3) is 0 Å². The van der Waals surface area contributed by atoms with Gasteiger partial charge in [-0.05, 0) is 31.6 Å². The summed E-state index contributed by atoms with van der Waals surface area (Å²) in [6.45, 7) is 3.69. The van der Waals surface area contributed by atoms with E-state index in [0.29, 0.717) is 25.0 Å². The highest BCUT2D eigenvalue weighted by molar-refractivity contribution is 6.35. The summed E-state index contributed by atoms with van der Waals surface area (Å²) in [5, 5.41) is 3.21. The van der Waals surface area contributed by atoms with E-state index in [-0.39, 0.29) is 11.8 Å². The van der Waals surface area contributed by atoms with Crippen LogP contribution in [0.15, 0.2) is 0 Å². The van der Waals surface area contributed by atoms with Crippen molar-refractivity contribution < 1.29 is 9.59 Å². The van der Waals surface area contributed by atoms with Gasteiger partial charge in [-0.3, -0.25) is 9.59 Å². The Kier molecular flexibility index (Phi) is 4.24. The van der Waals surface area contributed by atoms with E-state index in [1.165, 1.54) is 25.7 Å². The van der Waals surface area contributed by atoms with E-state index >= 15 is 0 Å². The van der Waals surface area contributed by atoms with Crippen LogP contribution in [0.5, 0.6) is 0 Å². The molecule has 1 saturated carbocycles. The van der Waals surface area contributed by atoms with Gasteiger partial charge in [-0.25, -0.2) is 0 Å². The number of carbonyl (C=O) groups excluding carboxylic acids is 2. The van der Waals surface area contributed by atoms with Crippen LogP contribution in [0, 0.1) is 5.92 Å². The molecule has 0 radical (unpaired) electrons. The zero-order valence-corrected chi connectivity index (χ0v) is 12.1. The summed E-state index contributed by atoms with van der Waals surface area (Å²) in [6.07, 6.45) is 7.18. The number of nitrogens with zero attached hydrogens (tertiary/aromatic N) is 2. The molecule has 5 nitrogen and oxygen atoms in total. The van der Waals surface area contributed by atoms with Crippen LogP contribution in [-0.4, -0.2) is 60.4 Å². The van der Waals surface area contributed by atoms with Gasteiger partial charge in [0.15, 0.2) is 0 Å². The molecule has 0 aromatic rings. The summed E-state index contributed by atoms with van der Waals surface area (Å²) < 4.78 is 0. The Labute approximate surface area is 120 Å². The van der Waals surface area contributed by atoms with Crippen molar-refractivity contribution in [3.8, 4) is 0 Å². The highest BCUT2D eigenvalue weighted by atomic mass is 16.2. The van der Waals surface area contributed by atoms with Crippen LogP contribution < -0.4 is 5.32 Å². The first-order chi connectivity index (χ1) is 9.77.